The Balaban J connectivity index is 0.000000192. The van der Waals surface area contributed by atoms with E-state index in [2.05, 4.69) is 47.1 Å². The lowest BCUT2D eigenvalue weighted by molar-refractivity contribution is 0.458. The summed E-state index contributed by atoms with van der Waals surface area (Å²) in [6.45, 7) is 0. The maximum atomic E-state index is 7.23. The Labute approximate surface area is 105 Å². The van der Waals surface area contributed by atoms with Crippen LogP contribution in [0.1, 0.15) is 0 Å². The molecule has 14 heteroatoms. The largest absolute Gasteiger partial charge is 0.324 e. The van der Waals surface area contributed by atoms with Gasteiger partial charge in [0.15, 0.2) is 11.6 Å². The minimum Gasteiger partial charge on any atom is -0.324 e. The van der Waals surface area contributed by atoms with Crippen molar-refractivity contribution < 1.29 is 0 Å². The first-order valence-corrected chi connectivity index (χ1v) is 4.85. The van der Waals surface area contributed by atoms with Gasteiger partial charge in [0, 0.05) is 0 Å². The number of aromatic nitrogens is 6. The van der Waals surface area contributed by atoms with Crippen LogP contribution in [-0.4, -0.2) is 36.1 Å². The average molecular weight is 267 g/mol. The Morgan fingerprint density at radius 1 is 1.26 bits per heavy atom. The number of rotatable bonds is 2. The lowest BCUT2D eigenvalue weighted by Gasteiger charge is -2.04. The number of nitrogens with one attached hydrogen (secondary N) is 4. The highest BCUT2D eigenvalue weighted by molar-refractivity contribution is 5.57. The highest BCUT2D eigenvalue weighted by Crippen LogP contribution is 2.23. The van der Waals surface area contributed by atoms with Crippen molar-refractivity contribution in [3.05, 3.63) is 11.0 Å². The molecule has 1 aliphatic rings. The summed E-state index contributed by atoms with van der Waals surface area (Å²) in [5, 5.41) is 18.0. The summed E-state index contributed by atoms with van der Waals surface area (Å²) in [5.74, 6) is 10.5. The maximum absolute atomic E-state index is 7.23. The van der Waals surface area contributed by atoms with Crippen LogP contribution in [-0.2, 0) is 0 Å². The molecule has 0 radical (unpaired) electrons. The third-order valence-electron chi connectivity index (χ3n) is 1.91. The Kier molecular flexibility index (Phi) is 3.68. The highest BCUT2D eigenvalue weighted by atomic mass is 15.6. The molecule has 0 fully saturated rings. The van der Waals surface area contributed by atoms with Crippen molar-refractivity contribution in [2.24, 2.45) is 17.4 Å². The lowest BCUT2D eigenvalue weighted by atomic mass is 10.8. The summed E-state index contributed by atoms with van der Waals surface area (Å²) < 4.78 is 1.48. The topological polar surface area (TPSA) is 221 Å². The molecule has 0 bridgehead atoms. The number of hydrazine groups is 2. The van der Waals surface area contributed by atoms with Crippen LogP contribution in [0.25, 0.3) is 11.2 Å². The van der Waals surface area contributed by atoms with Gasteiger partial charge < -0.3 is 20.5 Å². The summed E-state index contributed by atoms with van der Waals surface area (Å²) in [5.41, 5.74) is 15.6. The fourth-order valence-electron chi connectivity index (χ4n) is 1.11. The van der Waals surface area contributed by atoms with E-state index in [1.165, 1.54) is 4.40 Å². The molecule has 0 saturated carbocycles. The molecule has 0 amide bonds. The number of hydrogen-bond acceptors (Lipinski definition) is 12. The molecular formula is C5H11N14-. The zero-order chi connectivity index (χ0) is 13.8. The van der Waals surface area contributed by atoms with Crippen molar-refractivity contribution in [2.45, 2.75) is 6.29 Å². The number of hydrogen-bond donors (Lipinski definition) is 7. The highest BCUT2D eigenvalue weighted by Gasteiger charge is 2.07. The van der Waals surface area contributed by atoms with Gasteiger partial charge in [-0.1, -0.05) is 0 Å². The van der Waals surface area contributed by atoms with Crippen LogP contribution in [0.3, 0.4) is 0 Å². The van der Waals surface area contributed by atoms with Crippen LogP contribution in [0.2, 0.25) is 0 Å². The average Bonchev–Trinajstić information content (AvgIpc) is 2.83. The molecule has 0 aliphatic carbocycles. The van der Waals surface area contributed by atoms with Crippen molar-refractivity contribution in [3.63, 3.8) is 0 Å². The monoisotopic (exact) mass is 267 g/mol. The molecule has 0 unspecified atom stereocenters. The molecule has 0 atom stereocenters. The fourth-order valence-corrected chi connectivity index (χ4v) is 1.11. The summed E-state index contributed by atoms with van der Waals surface area (Å²) in [6.07, 6.45) is -0.509. The quantitative estimate of drug-likeness (QED) is 0.157. The number of nitrogens with two attached hydrogens (primary N) is 3. The van der Waals surface area contributed by atoms with Gasteiger partial charge in [0.1, 0.15) is 6.29 Å². The second-order valence-corrected chi connectivity index (χ2v) is 3.13. The van der Waals surface area contributed by atoms with E-state index < -0.39 is 6.29 Å². The van der Waals surface area contributed by atoms with Gasteiger partial charge in [0.2, 0.25) is 5.78 Å². The first-order valence-electron chi connectivity index (χ1n) is 4.85. The smallest absolute Gasteiger partial charge is 0.204 e. The molecule has 102 valence electrons. The van der Waals surface area contributed by atoms with Crippen molar-refractivity contribution in [3.8, 4) is 0 Å². The Morgan fingerprint density at radius 3 is 2.63 bits per heavy atom. The Morgan fingerprint density at radius 2 is 2.00 bits per heavy atom. The van der Waals surface area contributed by atoms with Gasteiger partial charge in [-0.2, -0.15) is 0 Å². The zero-order valence-electron chi connectivity index (χ0n) is 9.44. The van der Waals surface area contributed by atoms with Gasteiger partial charge in [-0.05, 0) is 5.21 Å². The minimum absolute atomic E-state index is 0.145. The number of nitrogens with zero attached hydrogens (tertiary/aromatic N) is 7. The molecule has 3 heterocycles. The summed E-state index contributed by atoms with van der Waals surface area (Å²) >= 11 is 0. The van der Waals surface area contributed by atoms with E-state index >= 15 is 0 Å². The first-order chi connectivity index (χ1) is 9.15. The van der Waals surface area contributed by atoms with Crippen LogP contribution >= 0.6 is 0 Å². The van der Waals surface area contributed by atoms with E-state index in [0.29, 0.717) is 11.9 Å². The van der Waals surface area contributed by atoms with Crippen LogP contribution in [0.15, 0.2) is 0 Å². The third-order valence-corrected chi connectivity index (χ3v) is 1.91. The maximum Gasteiger partial charge on any atom is 0.204 e. The molecule has 0 spiro atoms. The standard InChI is InChI=1S/C4H2N9.CH9N5/c5-1-6-2-8-9-4-11-12-10-3(7-1)13(2)4;2-1(5-3)6-4/h(H2-,5,6,7,8,9,10,11);1,5-6H,2-4H2/q-1;. The summed E-state index contributed by atoms with van der Waals surface area (Å²) in [7, 11) is 0. The van der Waals surface area contributed by atoms with E-state index in [1.54, 1.807) is 0 Å². The lowest BCUT2D eigenvalue weighted by Crippen LogP contribution is -2.55. The van der Waals surface area contributed by atoms with Crippen molar-refractivity contribution in [1.82, 2.24) is 40.6 Å². The summed E-state index contributed by atoms with van der Waals surface area (Å²) in [6, 6.07) is 0. The molecule has 0 saturated heterocycles. The van der Waals surface area contributed by atoms with Gasteiger partial charge in [0.05, 0.1) is 5.95 Å². The van der Waals surface area contributed by atoms with Gasteiger partial charge in [0.25, 0.3) is 0 Å². The van der Waals surface area contributed by atoms with Crippen molar-refractivity contribution >= 4 is 17.7 Å². The second-order valence-electron chi connectivity index (χ2n) is 3.13. The summed E-state index contributed by atoms with van der Waals surface area (Å²) in [4.78, 5) is 7.50. The van der Waals surface area contributed by atoms with E-state index in [-0.39, 0.29) is 11.4 Å². The normalized spacial score (nSPS) is 11.8. The predicted molar refractivity (Wildman–Crippen MR) is 61.5 cm³/mol. The molecule has 10 N–H and O–H groups in total. The van der Waals surface area contributed by atoms with Gasteiger partial charge in [-0.3, -0.25) is 22.5 Å². The van der Waals surface area contributed by atoms with Crippen LogP contribution in [0, 0.1) is 5.41 Å². The first kappa shape index (κ1) is 12.9. The van der Waals surface area contributed by atoms with Crippen molar-refractivity contribution in [1.29, 1.82) is 5.41 Å². The molecule has 1 aliphatic heterocycles. The second kappa shape index (κ2) is 5.42. The van der Waals surface area contributed by atoms with E-state index in [0.717, 1.165) is 0 Å². The van der Waals surface area contributed by atoms with E-state index in [1.807, 2.05) is 0 Å². The van der Waals surface area contributed by atoms with Crippen LogP contribution in [0.4, 0.5) is 11.9 Å². The van der Waals surface area contributed by atoms with E-state index in [4.69, 9.17) is 22.8 Å². The minimum atomic E-state index is -0.509. The molecule has 3 rings (SSSR count). The van der Waals surface area contributed by atoms with Crippen LogP contribution in [0.5, 0.6) is 0 Å². The van der Waals surface area contributed by atoms with Gasteiger partial charge in [-0.25, -0.2) is 15.8 Å². The van der Waals surface area contributed by atoms with Crippen molar-refractivity contribution in [2.75, 3.05) is 5.43 Å². The van der Waals surface area contributed by atoms with Gasteiger partial charge >= 0.3 is 0 Å². The SMILES string of the molecule is N=c1nc2n3c(nnnc3n1)N[N-]2.NNC(N)NN. The molecule has 14 nitrogen and oxygen atoms in total. The molecular weight excluding hydrogens is 256 g/mol. The molecule has 19 heavy (non-hydrogen) atoms. The Hall–Kier alpha value is -2.52. The predicted octanol–water partition coefficient (Wildman–Crippen LogP) is -4.11. The third kappa shape index (κ3) is 2.67. The fraction of sp³-hybridized carbons (Fsp3) is 0.200. The molecule has 2 aromatic heterocycles. The van der Waals surface area contributed by atoms with Gasteiger partial charge in [-0.15, -0.1) is 10.2 Å². The van der Waals surface area contributed by atoms with Crippen LogP contribution < -0.4 is 39.3 Å². The molecule has 2 aromatic rings. The number of anilines is 1. The zero-order valence-corrected chi connectivity index (χ0v) is 9.44. The van der Waals surface area contributed by atoms with E-state index in [9.17, 15) is 0 Å². The molecule has 0 aromatic carbocycles. The Bertz CT molecular complexity index is 613.